The van der Waals surface area contributed by atoms with E-state index < -0.39 is 60.1 Å². The van der Waals surface area contributed by atoms with E-state index in [1.807, 2.05) is 0 Å². The molecule has 4 nitrogen and oxygen atoms in total. The maximum absolute atomic E-state index is 13.0. The van der Waals surface area contributed by atoms with E-state index in [1.54, 1.807) is 0 Å². The van der Waals surface area contributed by atoms with E-state index in [-0.39, 0.29) is 11.1 Å². The van der Waals surface area contributed by atoms with Gasteiger partial charge in [-0.3, -0.25) is 0 Å². The highest BCUT2D eigenvalue weighted by Crippen LogP contribution is 2.15. The van der Waals surface area contributed by atoms with Crippen molar-refractivity contribution in [3.8, 4) is 0 Å². The van der Waals surface area contributed by atoms with Gasteiger partial charge in [0.2, 0.25) is 0 Å². The zero-order chi connectivity index (χ0) is 22.3. The number of allylic oxidation sites excluding steroid dienone is 2. The molecule has 30 heavy (non-hydrogen) atoms. The Labute approximate surface area is 166 Å². The van der Waals surface area contributed by atoms with Crippen LogP contribution in [0.1, 0.15) is 11.1 Å². The summed E-state index contributed by atoms with van der Waals surface area (Å²) in [7, 11) is 0. The predicted molar refractivity (Wildman–Crippen MR) is 90.5 cm³/mol. The monoisotopic (exact) mass is 430 g/mol. The van der Waals surface area contributed by atoms with Gasteiger partial charge in [-0.2, -0.15) is 0 Å². The molecule has 0 aliphatic carbocycles. The Morgan fingerprint density at radius 3 is 1.23 bits per heavy atom. The van der Waals surface area contributed by atoms with Gasteiger partial charge in [-0.25, -0.2) is 35.9 Å². The maximum Gasteiger partial charge on any atom is 0.331 e. The smallest absolute Gasteiger partial charge is 0.331 e. The lowest BCUT2D eigenvalue weighted by Crippen LogP contribution is -2.03. The van der Waals surface area contributed by atoms with Crippen molar-refractivity contribution in [2.24, 2.45) is 0 Å². The van der Waals surface area contributed by atoms with Gasteiger partial charge < -0.3 is 9.47 Å². The van der Waals surface area contributed by atoms with Crippen LogP contribution in [-0.2, 0) is 32.3 Å². The fourth-order valence-corrected chi connectivity index (χ4v) is 2.06. The first-order valence-corrected chi connectivity index (χ1v) is 8.12. The zero-order valence-electron chi connectivity index (χ0n) is 14.9. The highest BCUT2D eigenvalue weighted by molar-refractivity contribution is 5.84. The summed E-state index contributed by atoms with van der Waals surface area (Å²) in [5, 5.41) is 0. The summed E-state index contributed by atoms with van der Waals surface area (Å²) in [4.78, 5) is 23.0. The third-order valence-electron chi connectivity index (χ3n) is 3.43. The highest BCUT2D eigenvalue weighted by Gasteiger charge is 2.12. The summed E-state index contributed by atoms with van der Waals surface area (Å²) >= 11 is 0. The second-order valence-corrected chi connectivity index (χ2v) is 5.68. The molecule has 0 N–H and O–H groups in total. The molecule has 0 aromatic heterocycles. The van der Waals surface area contributed by atoms with Crippen LogP contribution in [-0.4, -0.2) is 11.9 Å². The summed E-state index contributed by atoms with van der Waals surface area (Å²) in [6, 6.07) is 2.68. The number of hydrogen-bond acceptors (Lipinski definition) is 4. The summed E-state index contributed by atoms with van der Waals surface area (Å²) in [5.41, 5.74) is -0.220. The third-order valence-corrected chi connectivity index (χ3v) is 3.43. The van der Waals surface area contributed by atoms with Crippen LogP contribution in [0.3, 0.4) is 0 Å². The number of carbonyl (C=O) groups excluding carboxylic acids is 2. The van der Waals surface area contributed by atoms with Crippen molar-refractivity contribution < 1.29 is 45.4 Å². The standard InChI is InChI=1S/C20H12F6O4/c21-13-5-11(6-14(22)19(13)25)9-29-17(27)3-1-2-4-18(28)30-10-12-7-15(23)20(26)16(24)8-12/h1-8H,9-10H2/b3-1-,4-2-. The number of benzene rings is 2. The minimum Gasteiger partial charge on any atom is -0.458 e. The molecule has 0 radical (unpaired) electrons. The van der Waals surface area contributed by atoms with Crippen molar-refractivity contribution in [1.82, 2.24) is 0 Å². The number of hydrogen-bond donors (Lipinski definition) is 0. The van der Waals surface area contributed by atoms with E-state index in [0.717, 1.165) is 24.3 Å². The molecule has 0 amide bonds. The van der Waals surface area contributed by atoms with Gasteiger partial charge in [-0.1, -0.05) is 12.2 Å². The fourth-order valence-electron chi connectivity index (χ4n) is 2.06. The SMILES string of the molecule is O=C(/C=C\C=C/C(=O)OCc1cc(F)c(F)c(F)c1)OCc1cc(F)c(F)c(F)c1. The molecule has 2 aromatic rings. The molecule has 10 heteroatoms. The van der Waals surface area contributed by atoms with Gasteiger partial charge in [0.1, 0.15) is 13.2 Å². The normalized spacial score (nSPS) is 11.3. The molecular formula is C20H12F6O4. The summed E-state index contributed by atoms with van der Waals surface area (Å²) in [5.74, 6) is -10.8. The van der Waals surface area contributed by atoms with E-state index in [4.69, 9.17) is 0 Å². The molecule has 158 valence electrons. The molecule has 0 atom stereocenters. The number of ether oxygens (including phenoxy) is 2. The third kappa shape index (κ3) is 6.50. The molecule has 0 spiro atoms. The molecule has 0 saturated heterocycles. The summed E-state index contributed by atoms with van der Waals surface area (Å²) < 4.78 is 87.2. The van der Waals surface area contributed by atoms with Crippen LogP contribution in [0.2, 0.25) is 0 Å². The molecule has 0 fully saturated rings. The molecule has 0 heterocycles. The topological polar surface area (TPSA) is 52.6 Å². The lowest BCUT2D eigenvalue weighted by molar-refractivity contribution is -0.140. The molecule has 0 unspecified atom stereocenters. The number of esters is 2. The Morgan fingerprint density at radius 2 is 0.933 bits per heavy atom. The van der Waals surface area contributed by atoms with Crippen LogP contribution >= 0.6 is 0 Å². The lowest BCUT2D eigenvalue weighted by Gasteiger charge is -2.04. The Bertz CT molecular complexity index is 889. The number of rotatable bonds is 7. The highest BCUT2D eigenvalue weighted by atomic mass is 19.2. The fraction of sp³-hybridized carbons (Fsp3) is 0.100. The van der Waals surface area contributed by atoms with Crippen molar-refractivity contribution in [3.05, 3.63) is 94.6 Å². The Balaban J connectivity index is 1.78. The van der Waals surface area contributed by atoms with Gasteiger partial charge in [0.05, 0.1) is 0 Å². The Kier molecular flexibility index (Phi) is 7.79. The van der Waals surface area contributed by atoms with Crippen LogP contribution in [0, 0.1) is 34.9 Å². The van der Waals surface area contributed by atoms with E-state index in [2.05, 4.69) is 9.47 Å². The van der Waals surface area contributed by atoms with Crippen LogP contribution in [0.5, 0.6) is 0 Å². The van der Waals surface area contributed by atoms with Crippen LogP contribution in [0.15, 0.2) is 48.6 Å². The maximum atomic E-state index is 13.0. The number of carbonyl (C=O) groups is 2. The second-order valence-electron chi connectivity index (χ2n) is 5.68. The van der Waals surface area contributed by atoms with Crippen LogP contribution in [0.25, 0.3) is 0 Å². The van der Waals surface area contributed by atoms with Crippen molar-refractivity contribution in [2.75, 3.05) is 0 Å². The first-order valence-electron chi connectivity index (χ1n) is 8.12. The largest absolute Gasteiger partial charge is 0.458 e. The van der Waals surface area contributed by atoms with Gasteiger partial charge in [0.15, 0.2) is 34.9 Å². The van der Waals surface area contributed by atoms with E-state index in [0.29, 0.717) is 24.3 Å². The van der Waals surface area contributed by atoms with Crippen molar-refractivity contribution in [2.45, 2.75) is 13.2 Å². The first-order chi connectivity index (χ1) is 14.2. The number of halogens is 6. The van der Waals surface area contributed by atoms with Gasteiger partial charge in [0, 0.05) is 12.2 Å². The quantitative estimate of drug-likeness (QED) is 0.215. The molecular weight excluding hydrogens is 418 g/mol. The molecule has 0 aliphatic heterocycles. The minimum atomic E-state index is -1.64. The molecule has 2 rings (SSSR count). The van der Waals surface area contributed by atoms with E-state index in [1.165, 1.54) is 0 Å². The minimum absolute atomic E-state index is 0.110. The molecule has 0 bridgehead atoms. The molecule has 2 aromatic carbocycles. The molecule has 0 saturated carbocycles. The lowest BCUT2D eigenvalue weighted by atomic mass is 10.2. The van der Waals surface area contributed by atoms with Crippen molar-refractivity contribution in [3.63, 3.8) is 0 Å². The van der Waals surface area contributed by atoms with Crippen LogP contribution in [0.4, 0.5) is 26.3 Å². The van der Waals surface area contributed by atoms with Crippen LogP contribution < -0.4 is 0 Å². The van der Waals surface area contributed by atoms with Gasteiger partial charge >= 0.3 is 11.9 Å². The van der Waals surface area contributed by atoms with Crippen molar-refractivity contribution in [1.29, 1.82) is 0 Å². The predicted octanol–water partition coefficient (Wildman–Crippen LogP) is 4.42. The van der Waals surface area contributed by atoms with Gasteiger partial charge in [-0.15, -0.1) is 0 Å². The Morgan fingerprint density at radius 1 is 0.633 bits per heavy atom. The summed E-state index contributed by atoms with van der Waals surface area (Å²) in [6.45, 7) is -1.04. The zero-order valence-corrected chi connectivity index (χ0v) is 14.9. The average Bonchev–Trinajstić information content (AvgIpc) is 2.70. The molecule has 0 aliphatic rings. The van der Waals surface area contributed by atoms with Gasteiger partial charge in [0.25, 0.3) is 0 Å². The first kappa shape index (κ1) is 22.7. The summed E-state index contributed by atoms with van der Waals surface area (Å²) in [6.07, 6.45) is 3.94. The Hall–Kier alpha value is -3.56. The van der Waals surface area contributed by atoms with E-state index in [9.17, 15) is 35.9 Å². The average molecular weight is 430 g/mol. The van der Waals surface area contributed by atoms with Crippen molar-refractivity contribution >= 4 is 11.9 Å². The van der Waals surface area contributed by atoms with Gasteiger partial charge in [-0.05, 0) is 35.4 Å². The second kappa shape index (κ2) is 10.3. The van der Waals surface area contributed by atoms with E-state index >= 15 is 0 Å².